The lowest BCUT2D eigenvalue weighted by atomic mass is 10.1. The van der Waals surface area contributed by atoms with Crippen molar-refractivity contribution in [3.63, 3.8) is 0 Å². The molecule has 0 radical (unpaired) electrons. The van der Waals surface area contributed by atoms with Gasteiger partial charge >= 0.3 is 5.97 Å². The van der Waals surface area contributed by atoms with E-state index in [1.807, 2.05) is 20.8 Å². The van der Waals surface area contributed by atoms with Crippen LogP contribution >= 0.6 is 15.9 Å². The van der Waals surface area contributed by atoms with Crippen molar-refractivity contribution >= 4 is 26.5 Å². The fourth-order valence-electron chi connectivity index (χ4n) is 1.22. The monoisotopic (exact) mass is 277 g/mol. The summed E-state index contributed by atoms with van der Waals surface area (Å²) in [6.45, 7) is 5.57. The van der Waals surface area contributed by atoms with Crippen LogP contribution in [0.5, 0.6) is 0 Å². The van der Waals surface area contributed by atoms with Crippen molar-refractivity contribution in [2.45, 2.75) is 51.7 Å². The Labute approximate surface area is 98.1 Å². The van der Waals surface area contributed by atoms with Crippen molar-refractivity contribution < 1.29 is 14.4 Å². The van der Waals surface area contributed by atoms with E-state index in [1.54, 1.807) is 0 Å². The van der Waals surface area contributed by atoms with Crippen LogP contribution in [0.4, 0.5) is 0 Å². The lowest BCUT2D eigenvalue weighted by Gasteiger charge is -2.19. The summed E-state index contributed by atoms with van der Waals surface area (Å²) >= 11 is 3.24. The zero-order chi connectivity index (χ0) is 11.5. The highest BCUT2D eigenvalue weighted by molar-refractivity contribution is 9.18. The van der Waals surface area contributed by atoms with E-state index < -0.39 is 5.60 Å². The van der Waals surface area contributed by atoms with E-state index in [2.05, 4.69) is 21.1 Å². The highest BCUT2D eigenvalue weighted by Crippen LogP contribution is 2.19. The number of carbonyl (C=O) groups is 1. The summed E-state index contributed by atoms with van der Waals surface area (Å²) in [6, 6.07) is 0. The lowest BCUT2D eigenvalue weighted by molar-refractivity contribution is -0.155. The normalized spacial score (nSPS) is 20.8. The highest BCUT2D eigenvalue weighted by Gasteiger charge is 2.22. The third-order valence-electron chi connectivity index (χ3n) is 1.79. The Balaban J connectivity index is 2.18. The number of nitrogens with zero attached hydrogens (tertiary/aromatic N) is 1. The highest BCUT2D eigenvalue weighted by atomic mass is 79.9. The van der Waals surface area contributed by atoms with Crippen molar-refractivity contribution in [3.05, 3.63) is 0 Å². The summed E-state index contributed by atoms with van der Waals surface area (Å²) in [5, 5.41) is 3.75. The average Bonchev–Trinajstić information content (AvgIpc) is 2.45. The second-order valence-electron chi connectivity index (χ2n) is 4.52. The van der Waals surface area contributed by atoms with Crippen LogP contribution in [-0.2, 0) is 14.4 Å². The van der Waals surface area contributed by atoms with Crippen LogP contribution in [0.25, 0.3) is 0 Å². The Bertz CT molecular complexity index is 270. The standard InChI is InChI=1S/C10H16BrNO3/c1-10(2,3)14-9(13)5-4-7-6-8(11)12-15-7/h7H,4-6H2,1-3H3. The minimum atomic E-state index is -0.412. The van der Waals surface area contributed by atoms with Crippen LogP contribution in [0.2, 0.25) is 0 Å². The van der Waals surface area contributed by atoms with E-state index >= 15 is 0 Å². The minimum absolute atomic E-state index is 0.00638. The fraction of sp³-hybridized carbons (Fsp3) is 0.800. The van der Waals surface area contributed by atoms with Gasteiger partial charge in [-0.05, 0) is 43.1 Å². The molecule has 1 rings (SSSR count). The lowest BCUT2D eigenvalue weighted by Crippen LogP contribution is -2.24. The van der Waals surface area contributed by atoms with Gasteiger partial charge < -0.3 is 9.57 Å². The molecule has 15 heavy (non-hydrogen) atoms. The van der Waals surface area contributed by atoms with Gasteiger partial charge in [0.2, 0.25) is 0 Å². The molecular weight excluding hydrogens is 262 g/mol. The second kappa shape index (κ2) is 4.96. The predicted octanol–water partition coefficient (Wildman–Crippen LogP) is 2.61. The van der Waals surface area contributed by atoms with Crippen LogP contribution < -0.4 is 0 Å². The first kappa shape index (κ1) is 12.5. The third-order valence-corrected chi connectivity index (χ3v) is 2.26. The Hall–Kier alpha value is -0.580. The summed E-state index contributed by atoms with van der Waals surface area (Å²) in [7, 11) is 0. The molecule has 0 spiro atoms. The molecule has 0 bridgehead atoms. The van der Waals surface area contributed by atoms with Crippen LogP contribution in [-0.4, -0.2) is 22.3 Å². The van der Waals surface area contributed by atoms with E-state index in [4.69, 9.17) is 9.57 Å². The molecule has 4 nitrogen and oxygen atoms in total. The summed E-state index contributed by atoms with van der Waals surface area (Å²) in [5.74, 6) is -0.186. The molecule has 1 unspecified atom stereocenters. The summed E-state index contributed by atoms with van der Waals surface area (Å²) in [4.78, 5) is 16.4. The van der Waals surface area contributed by atoms with Crippen molar-refractivity contribution in [2.24, 2.45) is 5.16 Å². The van der Waals surface area contributed by atoms with Crippen LogP contribution in [0, 0.1) is 0 Å². The van der Waals surface area contributed by atoms with E-state index in [0.29, 0.717) is 12.8 Å². The molecule has 5 heteroatoms. The molecule has 0 aromatic heterocycles. The van der Waals surface area contributed by atoms with Crippen molar-refractivity contribution in [2.75, 3.05) is 0 Å². The molecule has 0 amide bonds. The van der Waals surface area contributed by atoms with Crippen molar-refractivity contribution in [1.82, 2.24) is 0 Å². The maximum Gasteiger partial charge on any atom is 0.306 e. The van der Waals surface area contributed by atoms with Crippen LogP contribution in [0.3, 0.4) is 0 Å². The van der Waals surface area contributed by atoms with Crippen molar-refractivity contribution in [1.29, 1.82) is 0 Å². The minimum Gasteiger partial charge on any atom is -0.460 e. The maximum atomic E-state index is 11.4. The first-order valence-electron chi connectivity index (χ1n) is 4.97. The van der Waals surface area contributed by atoms with E-state index in [1.165, 1.54) is 0 Å². The van der Waals surface area contributed by atoms with Gasteiger partial charge in [0.25, 0.3) is 0 Å². The second-order valence-corrected chi connectivity index (χ2v) is 5.44. The first-order chi connectivity index (χ1) is 6.87. The molecule has 0 fully saturated rings. The number of ether oxygens (including phenoxy) is 1. The number of rotatable bonds is 3. The fourth-order valence-corrected chi connectivity index (χ4v) is 1.66. The number of hydrogen-bond donors (Lipinski definition) is 0. The molecule has 0 saturated carbocycles. The van der Waals surface area contributed by atoms with Gasteiger partial charge in [-0.3, -0.25) is 4.79 Å². The van der Waals surface area contributed by atoms with E-state index in [9.17, 15) is 4.79 Å². The predicted molar refractivity (Wildman–Crippen MR) is 60.9 cm³/mol. The third kappa shape index (κ3) is 5.16. The summed E-state index contributed by atoms with van der Waals surface area (Å²) in [5.41, 5.74) is -0.412. The molecule has 1 atom stereocenters. The number of esters is 1. The molecule has 0 aliphatic carbocycles. The molecule has 0 saturated heterocycles. The molecule has 1 aliphatic rings. The molecule has 86 valence electrons. The zero-order valence-electron chi connectivity index (χ0n) is 9.25. The summed E-state index contributed by atoms with van der Waals surface area (Å²) < 4.78 is 5.98. The van der Waals surface area contributed by atoms with E-state index in [0.717, 1.165) is 11.0 Å². The Morgan fingerprint density at radius 1 is 1.67 bits per heavy atom. The molecule has 1 heterocycles. The Kier molecular flexibility index (Phi) is 4.13. The van der Waals surface area contributed by atoms with E-state index in [-0.39, 0.29) is 12.1 Å². The van der Waals surface area contributed by atoms with Gasteiger partial charge in [0.15, 0.2) is 0 Å². The van der Waals surface area contributed by atoms with Gasteiger partial charge in [-0.25, -0.2) is 0 Å². The largest absolute Gasteiger partial charge is 0.460 e. The maximum absolute atomic E-state index is 11.4. The van der Waals surface area contributed by atoms with Gasteiger partial charge in [0.05, 0.1) is 0 Å². The SMILES string of the molecule is CC(C)(C)OC(=O)CCC1CC(Br)=NO1. The van der Waals surface area contributed by atoms with Gasteiger partial charge in [0.1, 0.15) is 16.3 Å². The summed E-state index contributed by atoms with van der Waals surface area (Å²) in [6.07, 6.45) is 1.76. The Morgan fingerprint density at radius 2 is 2.33 bits per heavy atom. The molecule has 0 aromatic carbocycles. The average molecular weight is 278 g/mol. The smallest absolute Gasteiger partial charge is 0.306 e. The molecular formula is C10H16BrNO3. The number of hydrogen-bond acceptors (Lipinski definition) is 4. The zero-order valence-corrected chi connectivity index (χ0v) is 10.8. The number of halogens is 1. The molecule has 0 aromatic rings. The van der Waals surface area contributed by atoms with Gasteiger partial charge in [-0.1, -0.05) is 5.16 Å². The van der Waals surface area contributed by atoms with Crippen molar-refractivity contribution in [3.8, 4) is 0 Å². The quantitative estimate of drug-likeness (QED) is 0.745. The van der Waals surface area contributed by atoms with Gasteiger partial charge in [-0.2, -0.15) is 0 Å². The first-order valence-corrected chi connectivity index (χ1v) is 5.76. The molecule has 1 aliphatic heterocycles. The van der Waals surface area contributed by atoms with Crippen LogP contribution in [0.15, 0.2) is 5.16 Å². The Morgan fingerprint density at radius 3 is 2.80 bits per heavy atom. The number of oxime groups is 1. The van der Waals surface area contributed by atoms with Gasteiger partial charge in [-0.15, -0.1) is 0 Å². The van der Waals surface area contributed by atoms with Crippen LogP contribution in [0.1, 0.15) is 40.0 Å². The topological polar surface area (TPSA) is 47.9 Å². The van der Waals surface area contributed by atoms with Gasteiger partial charge in [0, 0.05) is 12.8 Å². The number of carbonyl (C=O) groups excluding carboxylic acids is 1. The molecule has 0 N–H and O–H groups in total.